The Balaban J connectivity index is 1.92. The van der Waals surface area contributed by atoms with Gasteiger partial charge in [-0.15, -0.1) is 0 Å². The van der Waals surface area contributed by atoms with Crippen LogP contribution in [0.5, 0.6) is 5.75 Å². The first-order chi connectivity index (χ1) is 15.9. The standard InChI is InChI=1S/C25H20N4O4/c1-3-32-23(30)19-22(27)33-20-15(12-26)13-29(16-10-8-14(2)9-11-16)21(20)25(19)17-6-4-5-7-18(17)28-24(25)31/h4-11,13H,3,27H2,1-2H3,(H,28,31). The van der Waals surface area contributed by atoms with Crippen LogP contribution in [0.25, 0.3) is 5.69 Å². The molecule has 3 heterocycles. The third-order valence-corrected chi connectivity index (χ3v) is 5.98. The van der Waals surface area contributed by atoms with Crippen molar-refractivity contribution < 1.29 is 19.1 Å². The fourth-order valence-electron chi connectivity index (χ4n) is 4.59. The lowest BCUT2D eigenvalue weighted by Crippen LogP contribution is -2.47. The van der Waals surface area contributed by atoms with Crippen LogP contribution in [-0.2, 0) is 19.7 Å². The van der Waals surface area contributed by atoms with Gasteiger partial charge >= 0.3 is 5.97 Å². The molecule has 5 rings (SSSR count). The van der Waals surface area contributed by atoms with Crippen LogP contribution in [0.1, 0.15) is 29.3 Å². The molecule has 0 saturated carbocycles. The molecule has 164 valence electrons. The number of nitrogens with zero attached hydrogens (tertiary/aromatic N) is 2. The molecule has 1 unspecified atom stereocenters. The van der Waals surface area contributed by atoms with E-state index < -0.39 is 17.3 Å². The maximum Gasteiger partial charge on any atom is 0.341 e. The Hall–Kier alpha value is -4.51. The Bertz CT molecular complexity index is 1390. The number of esters is 1. The molecular formula is C25H20N4O4. The molecule has 2 aliphatic heterocycles. The highest BCUT2D eigenvalue weighted by molar-refractivity contribution is 6.17. The number of amides is 1. The number of para-hydroxylation sites is 1. The molecule has 3 N–H and O–H groups in total. The van der Waals surface area contributed by atoms with Gasteiger partial charge in [-0.3, -0.25) is 4.79 Å². The van der Waals surface area contributed by atoms with E-state index in [2.05, 4.69) is 11.4 Å². The molecule has 2 aromatic carbocycles. The predicted octanol–water partition coefficient (Wildman–Crippen LogP) is 3.02. The normalized spacial score (nSPS) is 18.3. The highest BCUT2D eigenvalue weighted by atomic mass is 16.5. The number of aryl methyl sites for hydroxylation is 1. The summed E-state index contributed by atoms with van der Waals surface area (Å²) in [7, 11) is 0. The fourth-order valence-corrected chi connectivity index (χ4v) is 4.59. The quantitative estimate of drug-likeness (QED) is 0.604. The Kier molecular flexibility index (Phi) is 4.50. The number of nitriles is 1. The summed E-state index contributed by atoms with van der Waals surface area (Å²) in [4.78, 5) is 27.0. The summed E-state index contributed by atoms with van der Waals surface area (Å²) in [6.07, 6.45) is 1.59. The highest BCUT2D eigenvalue weighted by Crippen LogP contribution is 2.55. The minimum Gasteiger partial charge on any atom is -0.462 e. The van der Waals surface area contributed by atoms with Gasteiger partial charge in [0, 0.05) is 23.1 Å². The zero-order chi connectivity index (χ0) is 23.3. The molecule has 0 bridgehead atoms. The first kappa shape index (κ1) is 20.4. The van der Waals surface area contributed by atoms with Crippen LogP contribution < -0.4 is 15.8 Å². The van der Waals surface area contributed by atoms with E-state index in [1.165, 1.54) is 0 Å². The number of hydrogen-bond acceptors (Lipinski definition) is 6. The van der Waals surface area contributed by atoms with Crippen LogP contribution in [0, 0.1) is 18.3 Å². The molecule has 1 aromatic heterocycles. The van der Waals surface area contributed by atoms with Gasteiger partial charge in [0.15, 0.2) is 11.2 Å². The number of carbonyl (C=O) groups is 2. The van der Waals surface area contributed by atoms with Gasteiger partial charge in [-0.05, 0) is 32.0 Å². The van der Waals surface area contributed by atoms with Gasteiger partial charge in [0.1, 0.15) is 17.2 Å². The number of nitrogens with one attached hydrogen (secondary N) is 1. The summed E-state index contributed by atoms with van der Waals surface area (Å²) < 4.78 is 12.9. The van der Waals surface area contributed by atoms with Gasteiger partial charge in [-0.25, -0.2) is 4.79 Å². The summed E-state index contributed by atoms with van der Waals surface area (Å²) in [6.45, 7) is 3.72. The second kappa shape index (κ2) is 7.28. The van der Waals surface area contributed by atoms with Crippen molar-refractivity contribution in [3.63, 3.8) is 0 Å². The molecular weight excluding hydrogens is 420 g/mol. The van der Waals surface area contributed by atoms with E-state index in [0.29, 0.717) is 22.6 Å². The lowest BCUT2D eigenvalue weighted by atomic mass is 9.70. The molecule has 0 aliphatic carbocycles. The van der Waals surface area contributed by atoms with Gasteiger partial charge < -0.3 is 25.1 Å². The average molecular weight is 440 g/mol. The van der Waals surface area contributed by atoms with Crippen molar-refractivity contribution in [2.45, 2.75) is 19.3 Å². The number of carbonyl (C=O) groups excluding carboxylic acids is 2. The van der Waals surface area contributed by atoms with Crippen LogP contribution in [0.3, 0.4) is 0 Å². The first-order valence-electron chi connectivity index (χ1n) is 10.4. The van der Waals surface area contributed by atoms with Crippen LogP contribution in [0.15, 0.2) is 66.2 Å². The topological polar surface area (TPSA) is 119 Å². The van der Waals surface area contributed by atoms with E-state index in [9.17, 15) is 14.9 Å². The summed E-state index contributed by atoms with van der Waals surface area (Å²) >= 11 is 0. The molecule has 0 saturated heterocycles. The number of rotatable bonds is 3. The van der Waals surface area contributed by atoms with Gasteiger partial charge in [0.2, 0.25) is 11.8 Å². The summed E-state index contributed by atoms with van der Waals surface area (Å²) in [5.41, 5.74) is 7.79. The second-order valence-electron chi connectivity index (χ2n) is 7.85. The third-order valence-electron chi connectivity index (χ3n) is 5.98. The first-order valence-corrected chi connectivity index (χ1v) is 10.4. The zero-order valence-corrected chi connectivity index (χ0v) is 18.0. The number of anilines is 1. The number of hydrogen-bond donors (Lipinski definition) is 2. The minimum atomic E-state index is -1.67. The van der Waals surface area contributed by atoms with E-state index in [0.717, 1.165) is 5.56 Å². The van der Waals surface area contributed by atoms with Crippen LogP contribution in [0.4, 0.5) is 5.69 Å². The Labute approximate surface area is 189 Å². The number of aromatic nitrogens is 1. The summed E-state index contributed by atoms with van der Waals surface area (Å²) in [5, 5.41) is 12.7. The molecule has 8 heteroatoms. The van der Waals surface area contributed by atoms with Crippen molar-refractivity contribution in [3.05, 3.63) is 88.6 Å². The fraction of sp³-hybridized carbons (Fsp3) is 0.160. The van der Waals surface area contributed by atoms with E-state index in [4.69, 9.17) is 15.2 Å². The molecule has 1 atom stereocenters. The minimum absolute atomic E-state index is 0.0875. The summed E-state index contributed by atoms with van der Waals surface area (Å²) in [6, 6.07) is 16.8. The van der Waals surface area contributed by atoms with Crippen LogP contribution >= 0.6 is 0 Å². The van der Waals surface area contributed by atoms with Gasteiger partial charge in [0.25, 0.3) is 0 Å². The lowest BCUT2D eigenvalue weighted by molar-refractivity contribution is -0.140. The van der Waals surface area contributed by atoms with Crippen LogP contribution in [-0.4, -0.2) is 23.1 Å². The third kappa shape index (κ3) is 2.69. The maximum atomic E-state index is 13.8. The zero-order valence-electron chi connectivity index (χ0n) is 18.0. The van der Waals surface area contributed by atoms with Gasteiger partial charge in [-0.2, -0.15) is 5.26 Å². The van der Waals surface area contributed by atoms with Gasteiger partial charge in [0.05, 0.1) is 12.3 Å². The van der Waals surface area contributed by atoms with Gasteiger partial charge in [-0.1, -0.05) is 35.9 Å². The van der Waals surface area contributed by atoms with E-state index in [1.54, 1.807) is 42.0 Å². The Morgan fingerprint density at radius 1 is 1.24 bits per heavy atom. The molecule has 3 aromatic rings. The monoisotopic (exact) mass is 440 g/mol. The van der Waals surface area contributed by atoms with Crippen molar-refractivity contribution in [2.75, 3.05) is 11.9 Å². The predicted molar refractivity (Wildman–Crippen MR) is 120 cm³/mol. The van der Waals surface area contributed by atoms with E-state index in [-0.39, 0.29) is 29.4 Å². The number of benzene rings is 2. The molecule has 8 nitrogen and oxygen atoms in total. The van der Waals surface area contributed by atoms with Crippen LogP contribution in [0.2, 0.25) is 0 Å². The van der Waals surface area contributed by atoms with E-state index >= 15 is 0 Å². The lowest BCUT2D eigenvalue weighted by Gasteiger charge is -2.35. The average Bonchev–Trinajstić information content (AvgIpc) is 3.30. The SMILES string of the molecule is CCOC(=O)C1=C(N)Oc2c(C#N)cn(-c3ccc(C)cc3)c2C12C(=O)Nc1ccccc12. The maximum absolute atomic E-state index is 13.8. The second-order valence-corrected chi connectivity index (χ2v) is 7.85. The summed E-state index contributed by atoms with van der Waals surface area (Å²) in [5.74, 6) is -1.38. The number of nitrogens with two attached hydrogens (primary N) is 1. The Morgan fingerprint density at radius 3 is 2.67 bits per heavy atom. The Morgan fingerprint density at radius 2 is 1.97 bits per heavy atom. The molecule has 0 radical (unpaired) electrons. The molecule has 33 heavy (non-hydrogen) atoms. The van der Waals surface area contributed by atoms with Crippen molar-refractivity contribution in [2.24, 2.45) is 5.73 Å². The van der Waals surface area contributed by atoms with E-state index in [1.807, 2.05) is 31.2 Å². The molecule has 0 fully saturated rings. The smallest absolute Gasteiger partial charge is 0.341 e. The molecule has 1 spiro atoms. The highest BCUT2D eigenvalue weighted by Gasteiger charge is 2.61. The largest absolute Gasteiger partial charge is 0.462 e. The molecule has 1 amide bonds. The number of fused-ring (bicyclic) bond motifs is 4. The van der Waals surface area contributed by atoms with Crippen molar-refractivity contribution in [1.82, 2.24) is 4.57 Å². The number of ether oxygens (including phenoxy) is 2. The van der Waals surface area contributed by atoms with Crippen molar-refractivity contribution >= 4 is 17.6 Å². The molecule has 2 aliphatic rings. The van der Waals surface area contributed by atoms with Crippen molar-refractivity contribution in [1.29, 1.82) is 5.26 Å². The van der Waals surface area contributed by atoms with Crippen molar-refractivity contribution in [3.8, 4) is 17.5 Å².